The first-order valence-corrected chi connectivity index (χ1v) is 9.38. The van der Waals surface area contributed by atoms with Gasteiger partial charge in [0.05, 0.1) is 4.90 Å². The number of benzene rings is 1. The third-order valence-electron chi connectivity index (χ3n) is 4.02. The predicted octanol–water partition coefficient (Wildman–Crippen LogP) is 0.663. The monoisotopic (exact) mass is 353 g/mol. The maximum Gasteiger partial charge on any atom is 0.254 e. The zero-order valence-corrected chi connectivity index (χ0v) is 14.9. The van der Waals surface area contributed by atoms with Crippen molar-refractivity contribution in [1.29, 1.82) is 0 Å². The van der Waals surface area contributed by atoms with Gasteiger partial charge in [-0.1, -0.05) is 13.8 Å². The Morgan fingerprint density at radius 3 is 2.33 bits per heavy atom. The molecule has 0 spiro atoms. The lowest BCUT2D eigenvalue weighted by Gasteiger charge is -2.39. The van der Waals surface area contributed by atoms with Crippen molar-refractivity contribution >= 4 is 21.8 Å². The van der Waals surface area contributed by atoms with Crippen molar-refractivity contribution in [3.05, 3.63) is 29.8 Å². The van der Waals surface area contributed by atoms with E-state index in [1.807, 2.05) is 13.8 Å². The van der Waals surface area contributed by atoms with Gasteiger partial charge in [0.2, 0.25) is 15.9 Å². The van der Waals surface area contributed by atoms with Crippen molar-refractivity contribution in [2.45, 2.75) is 31.7 Å². The van der Waals surface area contributed by atoms with Crippen molar-refractivity contribution in [2.75, 3.05) is 19.6 Å². The summed E-state index contributed by atoms with van der Waals surface area (Å²) in [6, 6.07) is 4.89. The molecular formula is C16H23N3O4S. The van der Waals surface area contributed by atoms with Crippen molar-refractivity contribution in [3.63, 3.8) is 0 Å². The maximum absolute atomic E-state index is 12.6. The fourth-order valence-electron chi connectivity index (χ4n) is 2.78. The van der Waals surface area contributed by atoms with E-state index in [4.69, 9.17) is 5.14 Å². The van der Waals surface area contributed by atoms with Crippen LogP contribution in [0.4, 0.5) is 0 Å². The van der Waals surface area contributed by atoms with E-state index in [0.717, 1.165) is 0 Å². The number of nitrogens with two attached hydrogens (primary N) is 1. The number of amides is 2. The number of sulfonamides is 1. The molecule has 0 aromatic heterocycles. The van der Waals surface area contributed by atoms with E-state index in [1.54, 1.807) is 11.8 Å². The minimum Gasteiger partial charge on any atom is -0.339 e. The molecule has 0 radical (unpaired) electrons. The minimum atomic E-state index is -3.79. The van der Waals surface area contributed by atoms with Gasteiger partial charge in [-0.15, -0.1) is 0 Å². The highest BCUT2D eigenvalue weighted by Gasteiger charge is 2.34. The highest BCUT2D eigenvalue weighted by atomic mass is 32.2. The molecule has 24 heavy (non-hydrogen) atoms. The van der Waals surface area contributed by atoms with Gasteiger partial charge < -0.3 is 9.80 Å². The average Bonchev–Trinajstić information content (AvgIpc) is 2.50. The van der Waals surface area contributed by atoms with E-state index in [-0.39, 0.29) is 16.7 Å². The summed E-state index contributed by atoms with van der Waals surface area (Å²) in [6.45, 7) is 7.43. The van der Waals surface area contributed by atoms with Gasteiger partial charge in [-0.05, 0) is 37.1 Å². The fourth-order valence-corrected chi connectivity index (χ4v) is 3.30. The number of piperazine rings is 1. The van der Waals surface area contributed by atoms with E-state index in [0.29, 0.717) is 31.1 Å². The van der Waals surface area contributed by atoms with Crippen LogP contribution in [-0.4, -0.2) is 55.7 Å². The third kappa shape index (κ3) is 3.93. The van der Waals surface area contributed by atoms with Crippen LogP contribution in [0.25, 0.3) is 0 Å². The van der Waals surface area contributed by atoms with E-state index in [1.165, 1.54) is 29.2 Å². The van der Waals surface area contributed by atoms with Crippen molar-refractivity contribution < 1.29 is 18.0 Å². The van der Waals surface area contributed by atoms with Gasteiger partial charge in [-0.25, -0.2) is 13.6 Å². The molecule has 7 nitrogen and oxygen atoms in total. The first-order valence-electron chi connectivity index (χ1n) is 7.84. The first kappa shape index (κ1) is 18.4. The van der Waals surface area contributed by atoms with Crippen molar-refractivity contribution in [3.8, 4) is 0 Å². The van der Waals surface area contributed by atoms with Crippen LogP contribution in [0.5, 0.6) is 0 Å². The Morgan fingerprint density at radius 1 is 1.25 bits per heavy atom. The molecule has 1 aromatic rings. The molecule has 1 saturated heterocycles. The predicted molar refractivity (Wildman–Crippen MR) is 89.7 cm³/mol. The lowest BCUT2D eigenvalue weighted by Crippen LogP contribution is -2.58. The summed E-state index contributed by atoms with van der Waals surface area (Å²) in [5.74, 6) is 0.0135. The molecule has 1 atom stereocenters. The first-order chi connectivity index (χ1) is 11.1. The third-order valence-corrected chi connectivity index (χ3v) is 4.95. The molecule has 0 saturated carbocycles. The lowest BCUT2D eigenvalue weighted by atomic mass is 10.1. The van der Waals surface area contributed by atoms with Gasteiger partial charge in [0, 0.05) is 25.2 Å². The van der Waals surface area contributed by atoms with E-state index < -0.39 is 16.1 Å². The second-order valence-corrected chi connectivity index (χ2v) is 7.98. The van der Waals surface area contributed by atoms with Gasteiger partial charge in [0.15, 0.2) is 0 Å². The fraction of sp³-hybridized carbons (Fsp3) is 0.500. The van der Waals surface area contributed by atoms with Crippen LogP contribution in [0, 0.1) is 5.92 Å². The molecule has 132 valence electrons. The van der Waals surface area contributed by atoms with Crippen LogP contribution in [0.3, 0.4) is 0 Å². The highest BCUT2D eigenvalue weighted by Crippen LogP contribution is 2.17. The Balaban J connectivity index is 2.14. The Labute approximate surface area is 142 Å². The zero-order chi connectivity index (χ0) is 18.1. The summed E-state index contributed by atoms with van der Waals surface area (Å²) >= 11 is 0. The van der Waals surface area contributed by atoms with Gasteiger partial charge in [-0.2, -0.15) is 0 Å². The summed E-state index contributed by atoms with van der Waals surface area (Å²) in [7, 11) is -3.79. The average molecular weight is 353 g/mol. The summed E-state index contributed by atoms with van der Waals surface area (Å²) in [5, 5.41) is 5.05. The standard InChI is InChI=1S/C16H23N3O4S/c1-11(2)10-18-8-9-19(12(3)15(18)20)16(21)13-4-6-14(7-5-13)24(17,22)23/h4-7,11-12H,8-10H2,1-3H3,(H2,17,22,23)/t12-/m0/s1. The molecule has 1 fully saturated rings. The lowest BCUT2D eigenvalue weighted by molar-refractivity contribution is -0.140. The molecule has 1 aliphatic heterocycles. The molecule has 2 amide bonds. The summed E-state index contributed by atoms with van der Waals surface area (Å²) in [5.41, 5.74) is 0.333. The van der Waals surface area contributed by atoms with Crippen LogP contribution < -0.4 is 5.14 Å². The molecular weight excluding hydrogens is 330 g/mol. The van der Waals surface area contributed by atoms with Crippen LogP contribution in [0.2, 0.25) is 0 Å². The molecule has 2 N–H and O–H groups in total. The Hall–Kier alpha value is -1.93. The van der Waals surface area contributed by atoms with Gasteiger partial charge in [0.25, 0.3) is 5.91 Å². The summed E-state index contributed by atoms with van der Waals surface area (Å²) < 4.78 is 22.5. The van der Waals surface area contributed by atoms with Gasteiger partial charge >= 0.3 is 0 Å². The van der Waals surface area contributed by atoms with Gasteiger partial charge in [0.1, 0.15) is 6.04 Å². The minimum absolute atomic E-state index is 0.0510. The van der Waals surface area contributed by atoms with E-state index >= 15 is 0 Å². The smallest absolute Gasteiger partial charge is 0.254 e. The molecule has 1 aromatic carbocycles. The second-order valence-electron chi connectivity index (χ2n) is 6.42. The quantitative estimate of drug-likeness (QED) is 0.859. The van der Waals surface area contributed by atoms with Crippen molar-refractivity contribution in [2.24, 2.45) is 11.1 Å². The number of rotatable bonds is 4. The normalized spacial score (nSPS) is 19.0. The molecule has 1 heterocycles. The number of hydrogen-bond acceptors (Lipinski definition) is 4. The Bertz CT molecular complexity index is 728. The maximum atomic E-state index is 12.6. The molecule has 0 aliphatic carbocycles. The summed E-state index contributed by atoms with van der Waals surface area (Å²) in [6.07, 6.45) is 0. The molecule has 0 bridgehead atoms. The zero-order valence-electron chi connectivity index (χ0n) is 14.1. The van der Waals surface area contributed by atoms with Crippen molar-refractivity contribution in [1.82, 2.24) is 9.80 Å². The highest BCUT2D eigenvalue weighted by molar-refractivity contribution is 7.89. The summed E-state index contributed by atoms with van der Waals surface area (Å²) in [4.78, 5) is 28.3. The Morgan fingerprint density at radius 2 is 1.83 bits per heavy atom. The number of primary sulfonamides is 1. The number of carbonyl (C=O) groups excluding carboxylic acids is 2. The topological polar surface area (TPSA) is 101 Å². The van der Waals surface area contributed by atoms with Crippen LogP contribution in [-0.2, 0) is 14.8 Å². The van der Waals surface area contributed by atoms with E-state index in [9.17, 15) is 18.0 Å². The molecule has 0 unspecified atom stereocenters. The number of carbonyl (C=O) groups is 2. The largest absolute Gasteiger partial charge is 0.339 e. The van der Waals surface area contributed by atoms with Gasteiger partial charge in [-0.3, -0.25) is 9.59 Å². The van der Waals surface area contributed by atoms with Crippen LogP contribution in [0.15, 0.2) is 29.2 Å². The molecule has 2 rings (SSSR count). The van der Waals surface area contributed by atoms with Crippen LogP contribution in [0.1, 0.15) is 31.1 Å². The number of hydrogen-bond donors (Lipinski definition) is 1. The Kier molecular flexibility index (Phi) is 5.29. The van der Waals surface area contributed by atoms with Crippen LogP contribution >= 0.6 is 0 Å². The second kappa shape index (κ2) is 6.90. The SMILES string of the molecule is CC(C)CN1CCN(C(=O)c2ccc(S(N)(=O)=O)cc2)[C@@H](C)C1=O. The molecule has 8 heteroatoms. The number of nitrogens with zero attached hydrogens (tertiary/aromatic N) is 2. The molecule has 1 aliphatic rings. The van der Waals surface area contributed by atoms with E-state index in [2.05, 4.69) is 0 Å².